The number of non-ortho nitro benzene ring substituents is 2. The van der Waals surface area contributed by atoms with E-state index in [0.717, 1.165) is 35.7 Å². The summed E-state index contributed by atoms with van der Waals surface area (Å²) in [7, 11) is 0. The van der Waals surface area contributed by atoms with Crippen LogP contribution in [-0.4, -0.2) is 14.5 Å². The van der Waals surface area contributed by atoms with E-state index in [4.69, 9.17) is 0 Å². The molecule has 1 aromatic heterocycles. The number of hydrogen-bond acceptors (Lipinski definition) is 12. The second-order valence-electron chi connectivity index (χ2n) is 9.84. The second kappa shape index (κ2) is 15.2. The fraction of sp³-hybridized carbons (Fsp3) is 0.0312. The summed E-state index contributed by atoms with van der Waals surface area (Å²) in [5.41, 5.74) is -0.395. The summed E-state index contributed by atoms with van der Waals surface area (Å²) in [5.74, 6) is -1.48. The Bertz CT molecular complexity index is 2290. The number of nitro benzene ring substituents is 2. The number of nitro groups is 2. The van der Waals surface area contributed by atoms with E-state index in [1.807, 2.05) is 18.2 Å². The fourth-order valence-corrected chi connectivity index (χ4v) is 4.30. The molecule has 0 saturated heterocycles. The molecule has 0 fully saturated rings. The second-order valence-corrected chi connectivity index (χ2v) is 9.84. The van der Waals surface area contributed by atoms with E-state index < -0.39 is 26.9 Å². The first-order chi connectivity index (χ1) is 23.0. The van der Waals surface area contributed by atoms with Gasteiger partial charge in [0.05, 0.1) is 26.9 Å². The minimum Gasteiger partial charge on any atom is -0.871 e. The molecule has 17 heteroatoms. The number of para-hydroxylation sites is 1. The van der Waals surface area contributed by atoms with Gasteiger partial charge in [0.2, 0.25) is 0 Å². The molecule has 0 aliphatic carbocycles. The maximum absolute atomic E-state index is 12.4. The van der Waals surface area contributed by atoms with Gasteiger partial charge in [-0.05, 0) is 23.6 Å². The molecule has 49 heavy (non-hydrogen) atoms. The van der Waals surface area contributed by atoms with Crippen molar-refractivity contribution in [3.8, 4) is 22.9 Å². The monoisotopic (exact) mass is 704 g/mol. The average Bonchev–Trinajstić information content (AvgIpc) is 3.37. The zero-order chi connectivity index (χ0) is 34.4. The third kappa shape index (κ3) is 7.99. The first-order valence-corrected chi connectivity index (χ1v) is 13.8. The molecule has 0 amide bonds. The third-order valence-corrected chi connectivity index (χ3v) is 6.68. The summed E-state index contributed by atoms with van der Waals surface area (Å²) in [4.78, 5) is 32.5. The van der Waals surface area contributed by atoms with Gasteiger partial charge in [0, 0.05) is 35.3 Å². The maximum atomic E-state index is 12.4. The van der Waals surface area contributed by atoms with Gasteiger partial charge in [0.15, 0.2) is 0 Å². The van der Waals surface area contributed by atoms with Gasteiger partial charge in [0.25, 0.3) is 16.9 Å². The van der Waals surface area contributed by atoms with E-state index in [9.17, 15) is 40.3 Å². The molecule has 0 bridgehead atoms. The molecule has 246 valence electrons. The number of fused-ring (bicyclic) bond motifs is 1. The Morgan fingerprint density at radius 3 is 1.94 bits per heavy atom. The van der Waals surface area contributed by atoms with Crippen LogP contribution < -0.4 is 26.0 Å². The van der Waals surface area contributed by atoms with Crippen LogP contribution in [0, 0.1) is 27.2 Å². The molecule has 5 aromatic carbocycles. The van der Waals surface area contributed by atoms with Crippen molar-refractivity contribution < 1.29 is 43.4 Å². The van der Waals surface area contributed by atoms with Gasteiger partial charge in [-0.3, -0.25) is 25.0 Å². The van der Waals surface area contributed by atoms with Crippen molar-refractivity contribution in [1.82, 2.24) is 9.78 Å². The predicted molar refractivity (Wildman–Crippen MR) is 168 cm³/mol. The Morgan fingerprint density at radius 2 is 1.24 bits per heavy atom. The summed E-state index contributed by atoms with van der Waals surface area (Å²) < 4.78 is 1.18. The van der Waals surface area contributed by atoms with Gasteiger partial charge < -0.3 is 25.1 Å². The average molecular weight is 705 g/mol. The zero-order valence-electron chi connectivity index (χ0n) is 26.0. The van der Waals surface area contributed by atoms with E-state index in [-0.39, 0.29) is 58.1 Å². The van der Waals surface area contributed by atoms with E-state index in [1.54, 1.807) is 49.4 Å². The van der Waals surface area contributed by atoms with Crippen molar-refractivity contribution in [1.29, 1.82) is 0 Å². The van der Waals surface area contributed by atoms with Crippen molar-refractivity contribution in [3.63, 3.8) is 0 Å². The first kappa shape index (κ1) is 35.1. The topological polar surface area (TPSA) is 241 Å². The zero-order valence-corrected chi connectivity index (χ0v) is 26.0. The van der Waals surface area contributed by atoms with E-state index >= 15 is 0 Å². The molecule has 0 aliphatic heterocycles. The van der Waals surface area contributed by atoms with Crippen molar-refractivity contribution in [2.24, 2.45) is 20.5 Å². The number of azo groups is 2. The van der Waals surface area contributed by atoms with Crippen molar-refractivity contribution in [3.05, 3.63) is 139 Å². The van der Waals surface area contributed by atoms with Crippen LogP contribution in [-0.2, 0) is 16.8 Å². The van der Waals surface area contributed by atoms with Crippen LogP contribution in [0.1, 0.15) is 7.12 Å². The Balaban J connectivity index is 0.000000261. The van der Waals surface area contributed by atoms with Gasteiger partial charge in [0.1, 0.15) is 5.69 Å². The maximum Gasteiger partial charge on any atom is 3.00 e. The minimum atomic E-state index is -0.664. The molecule has 16 nitrogen and oxygen atoms in total. The van der Waals surface area contributed by atoms with Crippen LogP contribution in [0.4, 0.5) is 34.1 Å². The molecular weight excluding hydrogens is 683 g/mol. The number of nitrogens with zero attached hydrogens (tertiary/aromatic N) is 8. The summed E-state index contributed by atoms with van der Waals surface area (Å²) in [6.07, 6.45) is 0. The van der Waals surface area contributed by atoms with Crippen LogP contribution in [0.2, 0.25) is 0 Å². The van der Waals surface area contributed by atoms with Crippen molar-refractivity contribution in [2.45, 2.75) is 6.92 Å². The van der Waals surface area contributed by atoms with Crippen LogP contribution in [0.15, 0.2) is 128 Å². The van der Waals surface area contributed by atoms with Crippen LogP contribution >= 0.6 is 0 Å². The van der Waals surface area contributed by atoms with Crippen LogP contribution in [0.5, 0.6) is 17.2 Å². The van der Waals surface area contributed by atoms with Crippen LogP contribution in [0.3, 0.4) is 0 Å². The Kier molecular flexibility index (Phi) is 10.9. The quantitative estimate of drug-likeness (QED) is 0.109. The van der Waals surface area contributed by atoms with Crippen LogP contribution in [0.25, 0.3) is 16.5 Å². The van der Waals surface area contributed by atoms with E-state index in [0.29, 0.717) is 16.8 Å². The number of rotatable bonds is 7. The van der Waals surface area contributed by atoms with Gasteiger partial charge in [-0.15, -0.1) is 10.8 Å². The Hall–Kier alpha value is -6.72. The van der Waals surface area contributed by atoms with Gasteiger partial charge in [-0.1, -0.05) is 84.8 Å². The summed E-state index contributed by atoms with van der Waals surface area (Å²) >= 11 is 0. The Labute approximate surface area is 287 Å². The van der Waals surface area contributed by atoms with Gasteiger partial charge >= 0.3 is 18.2 Å². The first-order valence-electron chi connectivity index (χ1n) is 13.8. The largest absolute Gasteiger partial charge is 3.00 e. The number of aryl methyl sites for hydroxylation is 1. The smallest absolute Gasteiger partial charge is 0.871 e. The number of hydrogen-bond donors (Lipinski definition) is 0. The third-order valence-electron chi connectivity index (χ3n) is 6.68. The van der Waals surface area contributed by atoms with Gasteiger partial charge in [-0.25, -0.2) is 0 Å². The summed E-state index contributed by atoms with van der Waals surface area (Å²) in [6.45, 7) is 1.58. The minimum absolute atomic E-state index is 0. The molecule has 6 aromatic rings. The molecular formula is C32H21CoN8O8. The van der Waals surface area contributed by atoms with Crippen molar-refractivity contribution in [2.75, 3.05) is 0 Å². The van der Waals surface area contributed by atoms with E-state index in [1.165, 1.54) is 16.8 Å². The predicted octanol–water partition coefficient (Wildman–Crippen LogP) is 5.92. The Morgan fingerprint density at radius 1 is 0.653 bits per heavy atom. The molecule has 0 N–H and O–H groups in total. The number of benzene rings is 5. The molecule has 0 saturated carbocycles. The molecule has 0 aliphatic rings. The number of aromatic nitrogens is 2. The van der Waals surface area contributed by atoms with Crippen molar-refractivity contribution >= 4 is 44.9 Å². The normalized spacial score (nSPS) is 10.9. The van der Waals surface area contributed by atoms with Gasteiger partial charge in [-0.2, -0.15) is 15.3 Å². The molecule has 6 rings (SSSR count). The summed E-state index contributed by atoms with van der Waals surface area (Å²) in [5, 5.41) is 77.6. The molecule has 0 radical (unpaired) electrons. The molecule has 0 unspecified atom stereocenters. The molecule has 0 spiro atoms. The van der Waals surface area contributed by atoms with E-state index in [2.05, 4.69) is 25.6 Å². The standard InChI is InChI=1S/C16H13N5O4.C16H11N3O4.Co/c1-10-15(16(23)20(19-10)11-5-3-2-4-6-11)18-17-13-9-12(21(24)25)7-8-14(13)22;20-14-8-5-10-3-1-2-4-12(10)16(14)18-17-13-7-6-11(19(22)23)9-15(13)21;/h2-9H,1H3,(H2,17,18,19,22,23);1-9,20-21H;/q;;+3/p-3. The SMILES string of the molecule is Cc1[n-]n(-c2ccccc2)c(=O)c1N=Nc1cc([N+](=O)[O-])ccc1[O-].O=[N+]([O-])c1ccc(N=Nc2c([O-])ccc3ccccc23)c([O-])c1.[Co+3].[H+]. The molecule has 1 heterocycles. The fourth-order valence-electron chi connectivity index (χ4n) is 4.30. The molecule has 0 atom stereocenters. The summed E-state index contributed by atoms with van der Waals surface area (Å²) in [6, 6.07) is 25.4.